The highest BCUT2D eigenvalue weighted by molar-refractivity contribution is 7.12. The van der Waals surface area contributed by atoms with Gasteiger partial charge in [-0.1, -0.05) is 12.1 Å². The lowest BCUT2D eigenvalue weighted by atomic mass is 10.3. The van der Waals surface area contributed by atoms with E-state index in [-0.39, 0.29) is 0 Å². The van der Waals surface area contributed by atoms with Crippen LogP contribution < -0.4 is 5.32 Å². The Hall–Kier alpha value is -1.94. The summed E-state index contributed by atoms with van der Waals surface area (Å²) in [4.78, 5) is 11.9. The zero-order chi connectivity index (χ0) is 14.1. The molecule has 102 valence electrons. The fraction of sp³-hybridized carbons (Fsp3) is 0.250. The molecule has 0 amide bonds. The summed E-state index contributed by atoms with van der Waals surface area (Å²) in [5.41, 5.74) is 4.17. The van der Waals surface area contributed by atoms with Gasteiger partial charge in [-0.25, -0.2) is 9.97 Å². The van der Waals surface area contributed by atoms with E-state index >= 15 is 0 Å². The molecular formula is C16H17N3S. The van der Waals surface area contributed by atoms with E-state index in [0.717, 1.165) is 29.1 Å². The molecule has 3 nitrogen and oxygen atoms in total. The van der Waals surface area contributed by atoms with Crippen molar-refractivity contribution in [3.8, 4) is 0 Å². The Balaban J connectivity index is 1.85. The van der Waals surface area contributed by atoms with Gasteiger partial charge in [0, 0.05) is 9.75 Å². The molecule has 2 aromatic heterocycles. The van der Waals surface area contributed by atoms with Gasteiger partial charge >= 0.3 is 0 Å². The maximum Gasteiger partial charge on any atom is 0.148 e. The van der Waals surface area contributed by atoms with Crippen molar-refractivity contribution in [1.29, 1.82) is 0 Å². The minimum atomic E-state index is 0.799. The van der Waals surface area contributed by atoms with Gasteiger partial charge in [-0.3, -0.25) is 0 Å². The van der Waals surface area contributed by atoms with Crippen LogP contribution >= 0.6 is 11.3 Å². The van der Waals surface area contributed by atoms with E-state index in [0.29, 0.717) is 0 Å². The minimum Gasteiger partial charge on any atom is -0.364 e. The quantitative estimate of drug-likeness (QED) is 0.781. The summed E-state index contributed by atoms with van der Waals surface area (Å²) >= 11 is 1.83. The maximum atomic E-state index is 4.65. The second kappa shape index (κ2) is 5.21. The predicted octanol–water partition coefficient (Wildman–Crippen LogP) is 4.23. The van der Waals surface area contributed by atoms with E-state index in [1.165, 1.54) is 15.3 Å². The van der Waals surface area contributed by atoms with Crippen molar-refractivity contribution >= 4 is 28.2 Å². The molecule has 2 heterocycles. The van der Waals surface area contributed by atoms with Gasteiger partial charge in [0.05, 0.1) is 23.3 Å². The number of fused-ring (bicyclic) bond motifs is 1. The van der Waals surface area contributed by atoms with Crippen LogP contribution in [0.1, 0.15) is 21.0 Å². The number of nitrogens with one attached hydrogen (secondary N) is 1. The van der Waals surface area contributed by atoms with Gasteiger partial charge in [-0.15, -0.1) is 11.3 Å². The van der Waals surface area contributed by atoms with Gasteiger partial charge in [0.15, 0.2) is 0 Å². The van der Waals surface area contributed by atoms with E-state index in [1.54, 1.807) is 0 Å². The van der Waals surface area contributed by atoms with Gasteiger partial charge in [-0.05, 0) is 44.5 Å². The maximum absolute atomic E-state index is 4.65. The van der Waals surface area contributed by atoms with Crippen molar-refractivity contribution < 1.29 is 0 Å². The first-order valence-corrected chi connectivity index (χ1v) is 7.48. The largest absolute Gasteiger partial charge is 0.364 e. The monoisotopic (exact) mass is 283 g/mol. The fourth-order valence-electron chi connectivity index (χ4n) is 2.16. The van der Waals surface area contributed by atoms with Crippen molar-refractivity contribution in [2.45, 2.75) is 27.3 Å². The van der Waals surface area contributed by atoms with Crippen molar-refractivity contribution in [2.24, 2.45) is 0 Å². The number of aryl methyl sites for hydroxylation is 3. The number of benzene rings is 1. The average Bonchev–Trinajstić information content (AvgIpc) is 2.75. The molecule has 3 aromatic rings. The Labute approximate surface area is 122 Å². The van der Waals surface area contributed by atoms with Crippen LogP contribution in [0.15, 0.2) is 30.3 Å². The third kappa shape index (κ3) is 2.51. The van der Waals surface area contributed by atoms with Crippen LogP contribution in [-0.2, 0) is 6.54 Å². The Morgan fingerprint density at radius 1 is 1.05 bits per heavy atom. The summed E-state index contributed by atoms with van der Waals surface area (Å²) in [6.45, 7) is 7.10. The zero-order valence-corrected chi connectivity index (χ0v) is 12.7. The number of hydrogen-bond donors (Lipinski definition) is 1. The lowest BCUT2D eigenvalue weighted by Crippen LogP contribution is -2.03. The van der Waals surface area contributed by atoms with Crippen molar-refractivity contribution in [3.05, 3.63) is 51.3 Å². The first kappa shape index (κ1) is 13.1. The second-order valence-electron chi connectivity index (χ2n) is 4.95. The van der Waals surface area contributed by atoms with Crippen LogP contribution in [0, 0.1) is 20.8 Å². The highest BCUT2D eigenvalue weighted by Crippen LogP contribution is 2.22. The highest BCUT2D eigenvalue weighted by atomic mass is 32.1. The molecule has 0 saturated heterocycles. The summed E-state index contributed by atoms with van der Waals surface area (Å²) in [5, 5.41) is 3.40. The smallest absolute Gasteiger partial charge is 0.148 e. The highest BCUT2D eigenvalue weighted by Gasteiger charge is 2.06. The summed E-state index contributed by atoms with van der Waals surface area (Å²) in [6.07, 6.45) is 0. The standard InChI is InChI=1S/C16H17N3S/c1-10-8-13(20-12(10)3)9-17-16-11(2)18-14-6-4-5-7-15(14)19-16/h4-8H,9H2,1-3H3,(H,17,19). The predicted molar refractivity (Wildman–Crippen MR) is 85.4 cm³/mol. The second-order valence-corrected chi connectivity index (χ2v) is 6.29. The van der Waals surface area contributed by atoms with Gasteiger partial charge < -0.3 is 5.32 Å². The molecule has 3 rings (SSSR count). The SMILES string of the molecule is Cc1cc(CNc2nc3ccccc3nc2C)sc1C. The first-order chi connectivity index (χ1) is 9.63. The van der Waals surface area contributed by atoms with Gasteiger partial charge in [0.2, 0.25) is 0 Å². The van der Waals surface area contributed by atoms with Crippen molar-refractivity contribution in [2.75, 3.05) is 5.32 Å². The van der Waals surface area contributed by atoms with Gasteiger partial charge in [0.1, 0.15) is 5.82 Å². The molecule has 0 fully saturated rings. The van der Waals surface area contributed by atoms with Crippen LogP contribution in [0.3, 0.4) is 0 Å². The van der Waals surface area contributed by atoms with Gasteiger partial charge in [-0.2, -0.15) is 0 Å². The van der Waals surface area contributed by atoms with Gasteiger partial charge in [0.25, 0.3) is 0 Å². The van der Waals surface area contributed by atoms with E-state index in [2.05, 4.69) is 35.2 Å². The van der Waals surface area contributed by atoms with Crippen LogP contribution in [0.5, 0.6) is 0 Å². The lowest BCUT2D eigenvalue weighted by molar-refractivity contribution is 1.10. The third-order valence-electron chi connectivity index (χ3n) is 3.39. The van der Waals surface area contributed by atoms with E-state index in [9.17, 15) is 0 Å². The molecule has 0 spiro atoms. The zero-order valence-electron chi connectivity index (χ0n) is 11.9. The summed E-state index contributed by atoms with van der Waals surface area (Å²) in [6, 6.07) is 10.2. The van der Waals surface area contributed by atoms with Crippen LogP contribution in [-0.4, -0.2) is 9.97 Å². The molecule has 0 aliphatic rings. The molecule has 1 N–H and O–H groups in total. The molecule has 1 aromatic carbocycles. The minimum absolute atomic E-state index is 0.799. The Bertz CT molecular complexity index is 742. The molecular weight excluding hydrogens is 266 g/mol. The molecule has 0 aliphatic heterocycles. The van der Waals surface area contributed by atoms with Crippen molar-refractivity contribution in [1.82, 2.24) is 9.97 Å². The summed E-state index contributed by atoms with van der Waals surface area (Å²) in [7, 11) is 0. The van der Waals surface area contributed by atoms with Crippen LogP contribution in [0.4, 0.5) is 5.82 Å². The fourth-order valence-corrected chi connectivity index (χ4v) is 3.16. The third-order valence-corrected chi connectivity index (χ3v) is 4.54. The lowest BCUT2D eigenvalue weighted by Gasteiger charge is -2.08. The Morgan fingerprint density at radius 2 is 1.75 bits per heavy atom. The van der Waals surface area contributed by atoms with Crippen molar-refractivity contribution in [3.63, 3.8) is 0 Å². The summed E-state index contributed by atoms with van der Waals surface area (Å²) in [5.74, 6) is 0.868. The van der Waals surface area contributed by atoms with E-state index in [4.69, 9.17) is 0 Å². The Kier molecular flexibility index (Phi) is 3.40. The number of thiophene rings is 1. The average molecular weight is 283 g/mol. The first-order valence-electron chi connectivity index (χ1n) is 6.66. The molecule has 0 aliphatic carbocycles. The van der Waals surface area contributed by atoms with Crippen LogP contribution in [0.2, 0.25) is 0 Å². The van der Waals surface area contributed by atoms with E-state index < -0.39 is 0 Å². The number of hydrogen-bond acceptors (Lipinski definition) is 4. The molecule has 4 heteroatoms. The molecule has 0 saturated carbocycles. The molecule has 0 atom stereocenters. The summed E-state index contributed by atoms with van der Waals surface area (Å²) < 4.78 is 0. The number of anilines is 1. The van der Waals surface area contributed by atoms with E-state index in [1.807, 2.05) is 42.5 Å². The molecule has 0 bridgehead atoms. The number of aromatic nitrogens is 2. The molecule has 20 heavy (non-hydrogen) atoms. The number of rotatable bonds is 3. The topological polar surface area (TPSA) is 37.8 Å². The molecule has 0 radical (unpaired) electrons. The number of nitrogens with zero attached hydrogens (tertiary/aromatic N) is 2. The normalized spacial score (nSPS) is 10.9. The molecule has 0 unspecified atom stereocenters. The van der Waals surface area contributed by atoms with Crippen LogP contribution in [0.25, 0.3) is 11.0 Å². The Morgan fingerprint density at radius 3 is 2.40 bits per heavy atom. The number of para-hydroxylation sites is 2.